The van der Waals surface area contributed by atoms with Crippen LogP contribution in [0.2, 0.25) is 0 Å². The second-order valence-electron chi connectivity index (χ2n) is 11.8. The third-order valence-electron chi connectivity index (χ3n) is 8.88. The molecule has 1 aliphatic rings. The summed E-state index contributed by atoms with van der Waals surface area (Å²) < 4.78 is 0. The van der Waals surface area contributed by atoms with Gasteiger partial charge in [0.25, 0.3) is 0 Å². The molecule has 0 unspecified atom stereocenters. The first kappa shape index (κ1) is 28.4. The summed E-state index contributed by atoms with van der Waals surface area (Å²) in [6, 6.07) is 60.6. The average Bonchev–Trinajstić information content (AvgIpc) is 3.40. The maximum Gasteiger partial charge on any atom is 0.0540 e. The lowest BCUT2D eigenvalue weighted by Crippen LogP contribution is -2.15. The first-order valence-corrected chi connectivity index (χ1v) is 16.2. The van der Waals surface area contributed by atoms with Crippen LogP contribution in [-0.4, -0.2) is 0 Å². The maximum absolute atomic E-state index is 2.36. The summed E-state index contributed by atoms with van der Waals surface area (Å²) in [5.41, 5.74) is 9.37. The Balaban J connectivity index is 1.17. The van der Waals surface area contributed by atoms with Gasteiger partial charge in [0.2, 0.25) is 0 Å². The Labute approximate surface area is 276 Å². The predicted octanol–water partition coefficient (Wildman–Crippen LogP) is 12.5. The zero-order valence-corrected chi connectivity index (χ0v) is 26.1. The van der Waals surface area contributed by atoms with Crippen molar-refractivity contribution in [2.24, 2.45) is 0 Å². The molecule has 0 bridgehead atoms. The van der Waals surface area contributed by atoms with Crippen molar-refractivity contribution in [3.8, 4) is 0 Å². The molecule has 0 fully saturated rings. The van der Waals surface area contributed by atoms with E-state index in [1.807, 2.05) is 0 Å². The van der Waals surface area contributed by atoms with Crippen LogP contribution in [0.4, 0.5) is 28.4 Å². The van der Waals surface area contributed by atoms with Crippen molar-refractivity contribution >= 4 is 55.6 Å². The van der Waals surface area contributed by atoms with Crippen molar-refractivity contribution in [1.82, 2.24) is 0 Å². The summed E-state index contributed by atoms with van der Waals surface area (Å²) in [5, 5.41) is 4.92. The highest BCUT2D eigenvalue weighted by atomic mass is 15.2. The summed E-state index contributed by atoms with van der Waals surface area (Å²) >= 11 is 0. The van der Waals surface area contributed by atoms with Crippen molar-refractivity contribution in [3.63, 3.8) is 0 Å². The first-order valence-electron chi connectivity index (χ1n) is 16.2. The summed E-state index contributed by atoms with van der Waals surface area (Å²) in [4.78, 5) is 4.72. The van der Waals surface area contributed by atoms with E-state index in [9.17, 15) is 0 Å². The SMILES string of the molecule is C1=CC(N(c2ccccc2)c2cccc3ccccc23)=CC=C(c2ccc(N(c3ccccc3)c3cccc4ccccc34)cc2)C1. The highest BCUT2D eigenvalue weighted by Gasteiger charge is 2.18. The van der Waals surface area contributed by atoms with Gasteiger partial charge in [0.15, 0.2) is 0 Å². The van der Waals surface area contributed by atoms with Crippen LogP contribution in [0.1, 0.15) is 12.0 Å². The molecule has 1 aliphatic carbocycles. The van der Waals surface area contributed by atoms with Gasteiger partial charge in [0, 0.05) is 33.5 Å². The standard InChI is InChI=1S/C45H34N2/c1-3-19-38(20-4-1)46(44-26-12-17-36-14-7-9-24-42(36)44)40-23-11-16-34(28-31-40)35-29-32-41(33-30-35)47(39-21-5-2-6-22-39)45-27-13-18-37-15-8-10-25-43(37)45/h1-15,17-33H,16H2. The summed E-state index contributed by atoms with van der Waals surface area (Å²) in [5.74, 6) is 0. The number of rotatable bonds is 7. The molecule has 0 radical (unpaired) electrons. The van der Waals surface area contributed by atoms with Gasteiger partial charge in [-0.1, -0.05) is 133 Å². The van der Waals surface area contributed by atoms with Gasteiger partial charge in [-0.2, -0.15) is 0 Å². The monoisotopic (exact) mass is 602 g/mol. The van der Waals surface area contributed by atoms with E-state index in [-0.39, 0.29) is 0 Å². The molecular formula is C45H34N2. The fourth-order valence-electron chi connectivity index (χ4n) is 6.62. The zero-order valence-electron chi connectivity index (χ0n) is 26.1. The Kier molecular flexibility index (Phi) is 7.67. The molecule has 47 heavy (non-hydrogen) atoms. The van der Waals surface area contributed by atoms with Crippen molar-refractivity contribution in [2.45, 2.75) is 6.42 Å². The van der Waals surface area contributed by atoms with Crippen LogP contribution in [0.3, 0.4) is 0 Å². The minimum absolute atomic E-state index is 0.850. The highest BCUT2D eigenvalue weighted by molar-refractivity contribution is 5.99. The maximum atomic E-state index is 2.36. The molecule has 8 rings (SSSR count). The number of allylic oxidation sites excluding steroid dienone is 5. The molecule has 0 amide bonds. The third kappa shape index (κ3) is 5.62. The number of nitrogens with zero attached hydrogens (tertiary/aromatic N) is 2. The van der Waals surface area contributed by atoms with Crippen LogP contribution in [0.15, 0.2) is 200 Å². The Morgan fingerprint density at radius 3 is 1.49 bits per heavy atom. The molecule has 7 aromatic carbocycles. The van der Waals surface area contributed by atoms with Gasteiger partial charge in [-0.05, 0) is 89.0 Å². The molecule has 0 aliphatic heterocycles. The second-order valence-corrected chi connectivity index (χ2v) is 11.8. The Hall–Kier alpha value is -6.12. The van der Waals surface area contributed by atoms with Crippen LogP contribution in [-0.2, 0) is 0 Å². The summed E-state index contributed by atoms with van der Waals surface area (Å²) in [7, 11) is 0. The second kappa shape index (κ2) is 12.7. The van der Waals surface area contributed by atoms with Crippen LogP contribution >= 0.6 is 0 Å². The van der Waals surface area contributed by atoms with E-state index in [4.69, 9.17) is 0 Å². The smallest absolute Gasteiger partial charge is 0.0540 e. The van der Waals surface area contributed by atoms with Crippen molar-refractivity contribution in [1.29, 1.82) is 0 Å². The number of hydrogen-bond acceptors (Lipinski definition) is 2. The average molecular weight is 603 g/mol. The van der Waals surface area contributed by atoms with Crippen LogP contribution in [0, 0.1) is 0 Å². The van der Waals surface area contributed by atoms with Gasteiger partial charge in [-0.25, -0.2) is 0 Å². The minimum Gasteiger partial charge on any atom is -0.310 e. The molecule has 0 aromatic heterocycles. The molecule has 0 saturated heterocycles. The molecule has 0 atom stereocenters. The number of benzene rings is 7. The fraction of sp³-hybridized carbons (Fsp3) is 0.0222. The molecule has 0 spiro atoms. The molecule has 0 saturated carbocycles. The number of para-hydroxylation sites is 2. The first-order chi connectivity index (χ1) is 23.3. The highest BCUT2D eigenvalue weighted by Crippen LogP contribution is 2.40. The van der Waals surface area contributed by atoms with Crippen molar-refractivity contribution < 1.29 is 0 Å². The van der Waals surface area contributed by atoms with Gasteiger partial charge in [0.05, 0.1) is 11.4 Å². The van der Waals surface area contributed by atoms with Gasteiger partial charge < -0.3 is 9.80 Å². The van der Waals surface area contributed by atoms with Crippen LogP contribution in [0.5, 0.6) is 0 Å². The van der Waals surface area contributed by atoms with Gasteiger partial charge in [-0.3, -0.25) is 0 Å². The van der Waals surface area contributed by atoms with E-state index in [0.717, 1.165) is 29.2 Å². The molecule has 2 heteroatoms. The van der Waals surface area contributed by atoms with Gasteiger partial charge >= 0.3 is 0 Å². The summed E-state index contributed by atoms with van der Waals surface area (Å²) in [6.45, 7) is 0. The topological polar surface area (TPSA) is 6.48 Å². The van der Waals surface area contributed by atoms with Crippen LogP contribution < -0.4 is 9.80 Å². The Morgan fingerprint density at radius 1 is 0.383 bits per heavy atom. The molecular weight excluding hydrogens is 569 g/mol. The normalized spacial score (nSPS) is 12.8. The lowest BCUT2D eigenvalue weighted by Gasteiger charge is -2.27. The molecule has 224 valence electrons. The van der Waals surface area contributed by atoms with Crippen molar-refractivity contribution in [3.05, 3.63) is 205 Å². The van der Waals surface area contributed by atoms with E-state index in [1.54, 1.807) is 0 Å². The lowest BCUT2D eigenvalue weighted by molar-refractivity contribution is 1.22. The third-order valence-corrected chi connectivity index (χ3v) is 8.88. The Bertz CT molecular complexity index is 2250. The number of fused-ring (bicyclic) bond motifs is 2. The van der Waals surface area contributed by atoms with Gasteiger partial charge in [-0.15, -0.1) is 0 Å². The molecule has 0 N–H and O–H groups in total. The largest absolute Gasteiger partial charge is 0.310 e. The van der Waals surface area contributed by atoms with E-state index in [2.05, 4.69) is 204 Å². The van der Waals surface area contributed by atoms with Crippen LogP contribution in [0.25, 0.3) is 27.1 Å². The zero-order chi connectivity index (χ0) is 31.4. The van der Waals surface area contributed by atoms with Crippen molar-refractivity contribution in [2.75, 3.05) is 9.80 Å². The number of hydrogen-bond donors (Lipinski definition) is 0. The lowest BCUT2D eigenvalue weighted by atomic mass is 10.0. The van der Waals surface area contributed by atoms with E-state index >= 15 is 0 Å². The molecule has 0 heterocycles. The molecule has 7 aromatic rings. The summed E-state index contributed by atoms with van der Waals surface area (Å²) in [6.07, 6.45) is 9.93. The predicted molar refractivity (Wildman–Crippen MR) is 201 cm³/mol. The van der Waals surface area contributed by atoms with E-state index < -0.39 is 0 Å². The number of anilines is 5. The Morgan fingerprint density at radius 2 is 0.872 bits per heavy atom. The quantitative estimate of drug-likeness (QED) is 0.179. The van der Waals surface area contributed by atoms with E-state index in [1.165, 1.54) is 44.1 Å². The fourth-order valence-corrected chi connectivity index (χ4v) is 6.62. The van der Waals surface area contributed by atoms with E-state index in [0.29, 0.717) is 0 Å². The van der Waals surface area contributed by atoms with Gasteiger partial charge in [0.1, 0.15) is 0 Å². The molecule has 2 nitrogen and oxygen atoms in total. The minimum atomic E-state index is 0.850.